The van der Waals surface area contributed by atoms with E-state index in [1.165, 1.54) is 0 Å². The summed E-state index contributed by atoms with van der Waals surface area (Å²) in [5.74, 6) is 0.787. The Morgan fingerprint density at radius 1 is 1.50 bits per heavy atom. The maximum Gasteiger partial charge on any atom is 0.133 e. The van der Waals surface area contributed by atoms with Gasteiger partial charge in [0.05, 0.1) is 23.9 Å². The number of hydrogen-bond acceptors (Lipinski definition) is 3. The van der Waals surface area contributed by atoms with Gasteiger partial charge in [0.25, 0.3) is 0 Å². The Morgan fingerprint density at radius 2 is 2.28 bits per heavy atom. The summed E-state index contributed by atoms with van der Waals surface area (Å²) in [6, 6.07) is 5.79. The Kier molecular flexibility index (Phi) is 4.04. The second kappa shape index (κ2) is 5.54. The van der Waals surface area contributed by atoms with E-state index in [9.17, 15) is 5.11 Å². The van der Waals surface area contributed by atoms with Crippen LogP contribution in [0.15, 0.2) is 35.1 Å². The van der Waals surface area contributed by atoms with E-state index in [-0.39, 0.29) is 0 Å². The number of benzene rings is 1. The van der Waals surface area contributed by atoms with Gasteiger partial charge >= 0.3 is 0 Å². The van der Waals surface area contributed by atoms with Crippen molar-refractivity contribution >= 4 is 15.9 Å². The van der Waals surface area contributed by atoms with Gasteiger partial charge in [0.2, 0.25) is 0 Å². The van der Waals surface area contributed by atoms with Gasteiger partial charge in [-0.05, 0) is 33.6 Å². The van der Waals surface area contributed by atoms with Gasteiger partial charge in [-0.15, -0.1) is 0 Å². The van der Waals surface area contributed by atoms with E-state index in [4.69, 9.17) is 4.74 Å². The molecule has 18 heavy (non-hydrogen) atoms. The summed E-state index contributed by atoms with van der Waals surface area (Å²) < 4.78 is 7.74. The molecule has 0 saturated carbocycles. The molecular formula is C13H15BrN2O2. The number of nitrogens with zero attached hydrogens (tertiary/aromatic N) is 2. The highest BCUT2D eigenvalue weighted by Gasteiger charge is 2.11. The van der Waals surface area contributed by atoms with E-state index in [1.807, 2.05) is 31.4 Å². The molecule has 0 aliphatic heterocycles. The fourth-order valence-corrected chi connectivity index (χ4v) is 2.38. The normalized spacial score (nSPS) is 12.4. The summed E-state index contributed by atoms with van der Waals surface area (Å²) in [7, 11) is 3.46. The van der Waals surface area contributed by atoms with Crippen LogP contribution in [0.2, 0.25) is 0 Å². The molecule has 4 nitrogen and oxygen atoms in total. The van der Waals surface area contributed by atoms with Crippen molar-refractivity contribution in [1.82, 2.24) is 9.78 Å². The molecule has 0 spiro atoms. The number of aliphatic hydroxyl groups is 1. The molecule has 0 radical (unpaired) electrons. The first-order chi connectivity index (χ1) is 8.60. The fourth-order valence-electron chi connectivity index (χ4n) is 1.79. The van der Waals surface area contributed by atoms with Crippen LogP contribution in [0.25, 0.3) is 0 Å². The smallest absolute Gasteiger partial charge is 0.133 e. The third kappa shape index (κ3) is 2.91. The van der Waals surface area contributed by atoms with Crippen LogP contribution in [0.4, 0.5) is 0 Å². The predicted molar refractivity (Wildman–Crippen MR) is 72.6 cm³/mol. The Hall–Kier alpha value is -1.33. The number of aryl methyl sites for hydroxylation is 1. The van der Waals surface area contributed by atoms with Gasteiger partial charge < -0.3 is 9.84 Å². The molecule has 2 rings (SSSR count). The Labute approximate surface area is 114 Å². The lowest BCUT2D eigenvalue weighted by Crippen LogP contribution is -2.01. The van der Waals surface area contributed by atoms with Crippen LogP contribution in [0.1, 0.15) is 17.2 Å². The zero-order chi connectivity index (χ0) is 13.1. The van der Waals surface area contributed by atoms with E-state index < -0.39 is 6.10 Å². The van der Waals surface area contributed by atoms with Crippen LogP contribution in [-0.4, -0.2) is 22.0 Å². The molecule has 1 atom stereocenters. The topological polar surface area (TPSA) is 47.3 Å². The lowest BCUT2D eigenvalue weighted by Gasteiger charge is -2.10. The van der Waals surface area contributed by atoms with E-state index in [2.05, 4.69) is 21.0 Å². The molecule has 1 N–H and O–H groups in total. The second-order valence-corrected chi connectivity index (χ2v) is 4.99. The van der Waals surface area contributed by atoms with Crippen molar-refractivity contribution in [3.8, 4) is 5.75 Å². The van der Waals surface area contributed by atoms with Crippen molar-refractivity contribution in [2.24, 2.45) is 7.05 Å². The zero-order valence-corrected chi connectivity index (χ0v) is 11.9. The summed E-state index contributed by atoms with van der Waals surface area (Å²) in [5.41, 5.74) is 1.86. The average molecular weight is 311 g/mol. The van der Waals surface area contributed by atoms with Crippen molar-refractivity contribution in [2.45, 2.75) is 12.5 Å². The number of methoxy groups -OCH3 is 1. The van der Waals surface area contributed by atoms with Crippen LogP contribution < -0.4 is 4.74 Å². The first-order valence-corrected chi connectivity index (χ1v) is 6.38. The van der Waals surface area contributed by atoms with Crippen LogP contribution in [0.3, 0.4) is 0 Å². The van der Waals surface area contributed by atoms with Crippen molar-refractivity contribution in [2.75, 3.05) is 7.11 Å². The van der Waals surface area contributed by atoms with Crippen molar-refractivity contribution < 1.29 is 9.84 Å². The molecule has 1 unspecified atom stereocenters. The van der Waals surface area contributed by atoms with Gasteiger partial charge in [-0.25, -0.2) is 0 Å². The van der Waals surface area contributed by atoms with Gasteiger partial charge in [0.15, 0.2) is 0 Å². The quantitative estimate of drug-likeness (QED) is 0.943. The van der Waals surface area contributed by atoms with Gasteiger partial charge in [0, 0.05) is 25.2 Å². The summed E-state index contributed by atoms with van der Waals surface area (Å²) in [6.45, 7) is 0. The van der Waals surface area contributed by atoms with E-state index in [0.29, 0.717) is 6.42 Å². The van der Waals surface area contributed by atoms with E-state index in [0.717, 1.165) is 21.3 Å². The molecule has 1 heterocycles. The third-order valence-corrected chi connectivity index (χ3v) is 3.37. The van der Waals surface area contributed by atoms with Gasteiger partial charge in [-0.1, -0.05) is 6.07 Å². The first kappa shape index (κ1) is 13.1. The van der Waals surface area contributed by atoms with E-state index in [1.54, 1.807) is 18.0 Å². The summed E-state index contributed by atoms with van der Waals surface area (Å²) in [4.78, 5) is 0. The maximum atomic E-state index is 10.1. The molecule has 96 valence electrons. The molecule has 2 aromatic rings. The van der Waals surface area contributed by atoms with Crippen molar-refractivity contribution in [3.63, 3.8) is 0 Å². The van der Waals surface area contributed by atoms with Crippen molar-refractivity contribution in [1.29, 1.82) is 0 Å². The monoisotopic (exact) mass is 310 g/mol. The predicted octanol–water partition coefficient (Wildman–Crippen LogP) is 2.47. The van der Waals surface area contributed by atoms with Crippen molar-refractivity contribution in [3.05, 3.63) is 46.2 Å². The van der Waals surface area contributed by atoms with Gasteiger partial charge in [-0.3, -0.25) is 4.68 Å². The SMILES string of the molecule is COc1ccc(CC(O)c2cnn(C)c2)cc1Br. The minimum absolute atomic E-state index is 0.543. The molecule has 0 aliphatic carbocycles. The first-order valence-electron chi connectivity index (χ1n) is 5.59. The summed E-state index contributed by atoms with van der Waals surface area (Å²) in [6.07, 6.45) is 3.51. The standard InChI is InChI=1S/C13H15BrN2O2/c1-16-8-10(7-15-16)12(17)6-9-3-4-13(18-2)11(14)5-9/h3-5,7-8,12,17H,6H2,1-2H3. The minimum atomic E-state index is -0.543. The highest BCUT2D eigenvalue weighted by Crippen LogP contribution is 2.27. The number of aliphatic hydroxyl groups excluding tert-OH is 1. The highest BCUT2D eigenvalue weighted by atomic mass is 79.9. The summed E-state index contributed by atoms with van der Waals surface area (Å²) in [5, 5.41) is 14.2. The highest BCUT2D eigenvalue weighted by molar-refractivity contribution is 9.10. The lowest BCUT2D eigenvalue weighted by atomic mass is 10.0. The number of ether oxygens (including phenoxy) is 1. The number of halogens is 1. The van der Waals surface area contributed by atoms with Crippen LogP contribution >= 0.6 is 15.9 Å². The molecule has 1 aromatic carbocycles. The maximum absolute atomic E-state index is 10.1. The lowest BCUT2D eigenvalue weighted by molar-refractivity contribution is 0.178. The zero-order valence-electron chi connectivity index (χ0n) is 10.3. The number of hydrogen-bond donors (Lipinski definition) is 1. The fraction of sp³-hybridized carbons (Fsp3) is 0.308. The Morgan fingerprint density at radius 3 is 2.83 bits per heavy atom. The van der Waals surface area contributed by atoms with Crippen LogP contribution in [0.5, 0.6) is 5.75 Å². The van der Waals surface area contributed by atoms with E-state index >= 15 is 0 Å². The van der Waals surface area contributed by atoms with Gasteiger partial charge in [-0.2, -0.15) is 5.10 Å². The summed E-state index contributed by atoms with van der Waals surface area (Å²) >= 11 is 3.43. The second-order valence-electron chi connectivity index (χ2n) is 4.14. The number of rotatable bonds is 4. The third-order valence-electron chi connectivity index (χ3n) is 2.75. The molecule has 5 heteroatoms. The molecule has 0 aliphatic rings. The minimum Gasteiger partial charge on any atom is -0.496 e. The van der Waals surface area contributed by atoms with Gasteiger partial charge in [0.1, 0.15) is 5.75 Å². The largest absolute Gasteiger partial charge is 0.496 e. The van der Waals surface area contributed by atoms with Crippen LogP contribution in [0, 0.1) is 0 Å². The molecule has 0 saturated heterocycles. The molecule has 0 bridgehead atoms. The average Bonchev–Trinajstić information content (AvgIpc) is 2.76. The molecule has 1 aromatic heterocycles. The molecule has 0 amide bonds. The molecule has 0 fully saturated rings. The molecular weight excluding hydrogens is 296 g/mol. The Bertz CT molecular complexity index is 540. The Balaban J connectivity index is 2.12. The number of aromatic nitrogens is 2. The van der Waals surface area contributed by atoms with Crippen LogP contribution in [-0.2, 0) is 13.5 Å².